The molecule has 2 heterocycles. The third kappa shape index (κ3) is 3.22. The Balaban J connectivity index is 1.69. The first kappa shape index (κ1) is 21.4. The number of ether oxygens (including phenoxy) is 1. The van der Waals surface area contributed by atoms with E-state index in [-0.39, 0.29) is 29.4 Å². The van der Waals surface area contributed by atoms with Gasteiger partial charge in [0.05, 0.1) is 17.1 Å². The minimum absolute atomic E-state index is 0.0185. The third-order valence-corrected chi connectivity index (χ3v) is 9.13. The van der Waals surface area contributed by atoms with Gasteiger partial charge in [0.25, 0.3) is 0 Å². The van der Waals surface area contributed by atoms with E-state index in [4.69, 9.17) is 16.3 Å². The molecule has 0 spiro atoms. The van der Waals surface area contributed by atoms with Gasteiger partial charge >= 0.3 is 0 Å². The highest BCUT2D eigenvalue weighted by molar-refractivity contribution is 7.92. The summed E-state index contributed by atoms with van der Waals surface area (Å²) in [6.07, 6.45) is 0. The van der Waals surface area contributed by atoms with Crippen LogP contribution in [0.5, 0.6) is 5.75 Å². The van der Waals surface area contributed by atoms with Crippen molar-refractivity contribution in [3.05, 3.63) is 94.5 Å². The lowest BCUT2D eigenvalue weighted by Crippen LogP contribution is -2.49. The van der Waals surface area contributed by atoms with Crippen molar-refractivity contribution in [3.8, 4) is 5.75 Å². The van der Waals surface area contributed by atoms with Crippen molar-refractivity contribution in [2.75, 3.05) is 19.7 Å². The Hall–Kier alpha value is -2.48. The van der Waals surface area contributed by atoms with Crippen molar-refractivity contribution >= 4 is 21.4 Å². The zero-order valence-corrected chi connectivity index (χ0v) is 18.5. The lowest BCUT2D eigenvalue weighted by molar-refractivity contribution is 0.186. The average molecular weight is 476 g/mol. The molecule has 3 aromatic carbocycles. The van der Waals surface area contributed by atoms with E-state index in [2.05, 4.69) is 0 Å². The summed E-state index contributed by atoms with van der Waals surface area (Å²) in [5, 5.41) is 0.389. The fourth-order valence-electron chi connectivity index (χ4n) is 4.93. The largest absolute Gasteiger partial charge is 0.490 e. The Kier molecular flexibility index (Phi) is 5.23. The molecule has 1 fully saturated rings. The van der Waals surface area contributed by atoms with Crippen LogP contribution in [0.15, 0.2) is 71.6 Å². The molecule has 166 valence electrons. The number of fused-ring (bicyclic) bond motifs is 3. The van der Waals surface area contributed by atoms with Crippen molar-refractivity contribution in [2.45, 2.75) is 16.2 Å². The number of halogens is 3. The molecule has 0 bridgehead atoms. The van der Waals surface area contributed by atoms with Crippen LogP contribution in [0.4, 0.5) is 8.78 Å². The highest BCUT2D eigenvalue weighted by atomic mass is 35.5. The summed E-state index contributed by atoms with van der Waals surface area (Å²) < 4.78 is 62.0. The maximum absolute atomic E-state index is 15.2. The number of sulfone groups is 1. The summed E-state index contributed by atoms with van der Waals surface area (Å²) in [6.45, 7) is 0.859. The van der Waals surface area contributed by atoms with Crippen molar-refractivity contribution < 1.29 is 21.9 Å². The van der Waals surface area contributed by atoms with Gasteiger partial charge in [-0.15, -0.1) is 0 Å². The average Bonchev–Trinajstić information content (AvgIpc) is 3.17. The van der Waals surface area contributed by atoms with Crippen LogP contribution >= 0.6 is 11.6 Å². The molecule has 0 aliphatic carbocycles. The summed E-state index contributed by atoms with van der Waals surface area (Å²) in [5.74, 6) is -2.45. The molecular formula is C24H20ClF2NO3S. The van der Waals surface area contributed by atoms with Crippen LogP contribution in [0.3, 0.4) is 0 Å². The number of hydrogen-bond donors (Lipinski definition) is 0. The lowest BCUT2D eigenvalue weighted by Gasteiger charge is -2.39. The first-order chi connectivity index (χ1) is 15.3. The Labute approximate surface area is 190 Å². The summed E-state index contributed by atoms with van der Waals surface area (Å²) in [5.41, 5.74) is 0.783. The van der Waals surface area contributed by atoms with Crippen LogP contribution in [-0.2, 0) is 21.1 Å². The molecule has 0 aromatic heterocycles. The summed E-state index contributed by atoms with van der Waals surface area (Å²) in [4.78, 5) is 1.99. The normalized spacial score (nSPS) is 22.8. The quantitative estimate of drug-likeness (QED) is 0.543. The second kappa shape index (κ2) is 7.83. The van der Waals surface area contributed by atoms with Crippen LogP contribution in [0.2, 0.25) is 5.02 Å². The molecule has 8 heteroatoms. The van der Waals surface area contributed by atoms with E-state index < -0.39 is 32.1 Å². The molecule has 1 saturated heterocycles. The first-order valence-electron chi connectivity index (χ1n) is 10.2. The molecule has 2 atom stereocenters. The van der Waals surface area contributed by atoms with E-state index >= 15 is 4.39 Å². The Bertz CT molecular complexity index is 1270. The molecule has 1 unspecified atom stereocenters. The van der Waals surface area contributed by atoms with Gasteiger partial charge in [-0.05, 0) is 42.0 Å². The fourth-order valence-corrected chi connectivity index (χ4v) is 7.37. The monoisotopic (exact) mass is 475 g/mol. The molecule has 3 aromatic rings. The van der Waals surface area contributed by atoms with Crippen molar-refractivity contribution in [2.24, 2.45) is 5.92 Å². The Morgan fingerprint density at radius 2 is 1.69 bits per heavy atom. The SMILES string of the molecule is O=S(=O)(c1ccc(Cl)cc1)C12CN(Cc3ccccc3)C[C@@H]1COc1c(F)ccc(F)c12. The van der Waals surface area contributed by atoms with E-state index in [1.807, 2.05) is 35.2 Å². The molecule has 0 saturated carbocycles. The molecule has 4 nitrogen and oxygen atoms in total. The van der Waals surface area contributed by atoms with E-state index in [1.165, 1.54) is 24.3 Å². The van der Waals surface area contributed by atoms with E-state index in [1.54, 1.807) is 0 Å². The zero-order valence-electron chi connectivity index (χ0n) is 17.0. The molecule has 32 heavy (non-hydrogen) atoms. The number of benzene rings is 3. The third-order valence-electron chi connectivity index (χ3n) is 6.36. The van der Waals surface area contributed by atoms with Crippen LogP contribution in [-0.4, -0.2) is 33.0 Å². The summed E-state index contributed by atoms with van der Waals surface area (Å²) in [6, 6.07) is 17.4. The standard InChI is InChI=1S/C24H20ClF2NO3S/c25-18-6-8-19(9-7-18)32(29,30)24-15-28(12-16-4-2-1-3-5-16)13-17(24)14-31-23-21(27)11-10-20(26)22(23)24/h1-11,17H,12-15H2/t17-,24?/m1/s1. The first-order valence-corrected chi connectivity index (χ1v) is 12.1. The van der Waals surface area contributed by atoms with Crippen LogP contribution in [0.1, 0.15) is 11.1 Å². The van der Waals surface area contributed by atoms with Gasteiger partial charge in [0.1, 0.15) is 10.6 Å². The fraction of sp³-hybridized carbons (Fsp3) is 0.250. The van der Waals surface area contributed by atoms with Gasteiger partial charge in [0.15, 0.2) is 21.4 Å². The van der Waals surface area contributed by atoms with Gasteiger partial charge in [-0.2, -0.15) is 0 Å². The maximum Gasteiger partial charge on any atom is 0.190 e. The minimum Gasteiger partial charge on any atom is -0.490 e. The zero-order chi connectivity index (χ0) is 22.5. The maximum atomic E-state index is 15.2. The minimum atomic E-state index is -4.14. The number of nitrogens with zero attached hydrogens (tertiary/aromatic N) is 1. The van der Waals surface area contributed by atoms with Gasteiger partial charge in [-0.1, -0.05) is 41.9 Å². The number of rotatable bonds is 4. The van der Waals surface area contributed by atoms with Gasteiger partial charge < -0.3 is 4.74 Å². The van der Waals surface area contributed by atoms with Crippen LogP contribution < -0.4 is 4.74 Å². The molecule has 0 amide bonds. The molecule has 0 radical (unpaired) electrons. The van der Waals surface area contributed by atoms with E-state index in [0.717, 1.165) is 17.7 Å². The Morgan fingerprint density at radius 3 is 2.41 bits per heavy atom. The Morgan fingerprint density at radius 1 is 1.00 bits per heavy atom. The van der Waals surface area contributed by atoms with E-state index in [0.29, 0.717) is 18.1 Å². The van der Waals surface area contributed by atoms with Gasteiger partial charge in [-0.25, -0.2) is 17.2 Å². The van der Waals surface area contributed by atoms with E-state index in [9.17, 15) is 12.8 Å². The number of likely N-dealkylation sites (tertiary alicyclic amines) is 1. The van der Waals surface area contributed by atoms with Crippen LogP contribution in [0.25, 0.3) is 0 Å². The van der Waals surface area contributed by atoms with Gasteiger partial charge in [0, 0.05) is 30.6 Å². The van der Waals surface area contributed by atoms with Crippen molar-refractivity contribution in [1.82, 2.24) is 4.90 Å². The van der Waals surface area contributed by atoms with Crippen molar-refractivity contribution in [3.63, 3.8) is 0 Å². The second-order valence-corrected chi connectivity index (χ2v) is 10.9. The summed E-state index contributed by atoms with van der Waals surface area (Å²) >= 11 is 5.96. The predicted molar refractivity (Wildman–Crippen MR) is 117 cm³/mol. The predicted octanol–water partition coefficient (Wildman–Crippen LogP) is 4.81. The highest BCUT2D eigenvalue weighted by Crippen LogP contribution is 2.54. The van der Waals surface area contributed by atoms with Gasteiger partial charge in [-0.3, -0.25) is 4.90 Å². The van der Waals surface area contributed by atoms with Gasteiger partial charge in [0.2, 0.25) is 0 Å². The van der Waals surface area contributed by atoms with Crippen LogP contribution in [0, 0.1) is 17.6 Å². The molecule has 2 aliphatic heterocycles. The molecule has 0 N–H and O–H groups in total. The second-order valence-electron chi connectivity index (χ2n) is 8.24. The topological polar surface area (TPSA) is 46.6 Å². The lowest BCUT2D eigenvalue weighted by atomic mass is 9.85. The molecule has 5 rings (SSSR count). The van der Waals surface area contributed by atoms with Crippen molar-refractivity contribution in [1.29, 1.82) is 0 Å². The molecule has 2 aliphatic rings. The smallest absolute Gasteiger partial charge is 0.190 e. The summed E-state index contributed by atoms with van der Waals surface area (Å²) in [7, 11) is -4.14. The number of hydrogen-bond acceptors (Lipinski definition) is 4. The highest BCUT2D eigenvalue weighted by Gasteiger charge is 2.62. The molecular weight excluding hydrogens is 456 g/mol.